The van der Waals surface area contributed by atoms with Crippen LogP contribution >= 0.6 is 11.6 Å². The molecule has 0 aliphatic carbocycles. The molecule has 25 heavy (non-hydrogen) atoms. The number of carbonyl (C=O) groups excluding carboxylic acids is 2. The lowest BCUT2D eigenvalue weighted by molar-refractivity contribution is -0.384. The molecule has 0 heterocycles. The fraction of sp³-hybridized carbons (Fsp3) is 0.176. The molecule has 0 aromatic heterocycles. The SMILES string of the molecule is O=C(CCNC(=O)c1ccc([N+](=O)[O-])cc1)OCc1ccccc1Cl. The molecule has 0 saturated heterocycles. The van der Waals surface area contributed by atoms with E-state index in [2.05, 4.69) is 5.32 Å². The summed E-state index contributed by atoms with van der Waals surface area (Å²) in [7, 11) is 0. The molecule has 130 valence electrons. The predicted octanol–water partition coefficient (Wildman–Crippen LogP) is 3.11. The average Bonchev–Trinajstić information content (AvgIpc) is 2.61. The van der Waals surface area contributed by atoms with Gasteiger partial charge in [-0.25, -0.2) is 0 Å². The summed E-state index contributed by atoms with van der Waals surface area (Å²) in [4.78, 5) is 33.6. The van der Waals surface area contributed by atoms with Crippen LogP contribution in [0.5, 0.6) is 0 Å². The largest absolute Gasteiger partial charge is 0.461 e. The third-order valence-electron chi connectivity index (χ3n) is 3.30. The van der Waals surface area contributed by atoms with Crippen LogP contribution < -0.4 is 5.32 Å². The number of rotatable bonds is 7. The zero-order valence-corrected chi connectivity index (χ0v) is 13.9. The number of esters is 1. The van der Waals surface area contributed by atoms with Crippen LogP contribution in [0.15, 0.2) is 48.5 Å². The molecule has 2 aromatic rings. The maximum Gasteiger partial charge on any atom is 0.307 e. The van der Waals surface area contributed by atoms with Crippen molar-refractivity contribution in [1.29, 1.82) is 0 Å². The van der Waals surface area contributed by atoms with E-state index in [4.69, 9.17) is 16.3 Å². The van der Waals surface area contributed by atoms with Crippen molar-refractivity contribution in [3.63, 3.8) is 0 Å². The van der Waals surface area contributed by atoms with Crippen LogP contribution in [0.25, 0.3) is 0 Å². The number of halogens is 1. The summed E-state index contributed by atoms with van der Waals surface area (Å²) >= 11 is 5.96. The second-order valence-corrected chi connectivity index (χ2v) is 5.47. The van der Waals surface area contributed by atoms with Gasteiger partial charge in [-0.2, -0.15) is 0 Å². The Hall–Kier alpha value is -2.93. The number of amides is 1. The monoisotopic (exact) mass is 362 g/mol. The number of non-ortho nitro benzene ring substituents is 1. The minimum atomic E-state index is -0.545. The van der Waals surface area contributed by atoms with Gasteiger partial charge in [0.2, 0.25) is 0 Å². The third kappa shape index (κ3) is 5.58. The van der Waals surface area contributed by atoms with Crippen molar-refractivity contribution in [3.8, 4) is 0 Å². The molecule has 2 aromatic carbocycles. The predicted molar refractivity (Wildman–Crippen MR) is 91.3 cm³/mol. The molecule has 2 rings (SSSR count). The Morgan fingerprint density at radius 3 is 2.44 bits per heavy atom. The highest BCUT2D eigenvalue weighted by Gasteiger charge is 2.10. The van der Waals surface area contributed by atoms with Gasteiger partial charge in [-0.1, -0.05) is 29.8 Å². The first kappa shape index (κ1) is 18.4. The van der Waals surface area contributed by atoms with Gasteiger partial charge in [0, 0.05) is 34.8 Å². The lowest BCUT2D eigenvalue weighted by Crippen LogP contribution is -2.26. The van der Waals surface area contributed by atoms with Gasteiger partial charge in [-0.05, 0) is 18.2 Å². The number of nitro benzene ring substituents is 1. The van der Waals surface area contributed by atoms with Gasteiger partial charge >= 0.3 is 5.97 Å². The number of nitro groups is 1. The van der Waals surface area contributed by atoms with E-state index in [1.807, 2.05) is 0 Å². The van der Waals surface area contributed by atoms with Crippen molar-refractivity contribution in [1.82, 2.24) is 5.32 Å². The van der Waals surface area contributed by atoms with Crippen LogP contribution in [0.3, 0.4) is 0 Å². The van der Waals surface area contributed by atoms with Crippen LogP contribution in [0, 0.1) is 10.1 Å². The molecule has 0 aliphatic heterocycles. The van der Waals surface area contributed by atoms with E-state index in [1.165, 1.54) is 24.3 Å². The van der Waals surface area contributed by atoms with Gasteiger partial charge in [0.1, 0.15) is 6.61 Å². The van der Waals surface area contributed by atoms with Gasteiger partial charge in [-0.3, -0.25) is 19.7 Å². The van der Waals surface area contributed by atoms with Crippen molar-refractivity contribution in [2.45, 2.75) is 13.0 Å². The number of ether oxygens (including phenoxy) is 1. The van der Waals surface area contributed by atoms with Gasteiger partial charge < -0.3 is 10.1 Å². The van der Waals surface area contributed by atoms with Gasteiger partial charge in [-0.15, -0.1) is 0 Å². The molecule has 7 nitrogen and oxygen atoms in total. The molecule has 0 aliphatic rings. The molecular weight excluding hydrogens is 348 g/mol. The lowest BCUT2D eigenvalue weighted by atomic mass is 10.2. The average molecular weight is 363 g/mol. The zero-order chi connectivity index (χ0) is 18.2. The number of benzene rings is 2. The molecule has 0 bridgehead atoms. The first-order chi connectivity index (χ1) is 12.0. The van der Waals surface area contributed by atoms with E-state index < -0.39 is 16.8 Å². The van der Waals surface area contributed by atoms with Crippen molar-refractivity contribution >= 4 is 29.2 Å². The van der Waals surface area contributed by atoms with Gasteiger partial charge in [0.15, 0.2) is 0 Å². The van der Waals surface area contributed by atoms with Gasteiger partial charge in [0.25, 0.3) is 11.6 Å². The normalized spacial score (nSPS) is 10.1. The number of hydrogen-bond acceptors (Lipinski definition) is 5. The summed E-state index contributed by atoms with van der Waals surface area (Å²) < 4.78 is 5.09. The molecule has 0 spiro atoms. The summed E-state index contributed by atoms with van der Waals surface area (Å²) in [6.07, 6.45) is 0.00315. The maximum absolute atomic E-state index is 11.9. The summed E-state index contributed by atoms with van der Waals surface area (Å²) in [5, 5.41) is 13.6. The number of hydrogen-bond donors (Lipinski definition) is 1. The Labute approximate surface area is 148 Å². The van der Waals surface area contributed by atoms with E-state index in [0.29, 0.717) is 10.6 Å². The summed E-state index contributed by atoms with van der Waals surface area (Å²) in [6, 6.07) is 12.2. The van der Waals surface area contributed by atoms with Crippen molar-refractivity contribution in [2.24, 2.45) is 0 Å². The molecule has 1 N–H and O–H groups in total. The smallest absolute Gasteiger partial charge is 0.307 e. The highest BCUT2D eigenvalue weighted by Crippen LogP contribution is 2.16. The third-order valence-corrected chi connectivity index (χ3v) is 3.67. The molecule has 0 atom stereocenters. The van der Waals surface area contributed by atoms with E-state index in [9.17, 15) is 19.7 Å². The second kappa shape index (κ2) is 8.79. The van der Waals surface area contributed by atoms with Crippen molar-refractivity contribution < 1.29 is 19.2 Å². The zero-order valence-electron chi connectivity index (χ0n) is 13.1. The van der Waals surface area contributed by atoms with E-state index in [0.717, 1.165) is 0 Å². The molecule has 1 amide bonds. The first-order valence-corrected chi connectivity index (χ1v) is 7.77. The molecule has 0 saturated carbocycles. The van der Waals surface area contributed by atoms with Crippen molar-refractivity contribution in [3.05, 3.63) is 74.8 Å². The minimum absolute atomic E-state index is 0.00315. The van der Waals surface area contributed by atoms with Crippen LogP contribution in [0.1, 0.15) is 22.3 Å². The fourth-order valence-electron chi connectivity index (χ4n) is 1.96. The molecule has 0 radical (unpaired) electrons. The van der Waals surface area contributed by atoms with Gasteiger partial charge in [0.05, 0.1) is 11.3 Å². The Morgan fingerprint density at radius 1 is 1.12 bits per heavy atom. The van der Waals surface area contributed by atoms with Crippen LogP contribution in [-0.4, -0.2) is 23.3 Å². The highest BCUT2D eigenvalue weighted by molar-refractivity contribution is 6.31. The topological polar surface area (TPSA) is 98.5 Å². The Kier molecular flexibility index (Phi) is 6.47. The summed E-state index contributed by atoms with van der Waals surface area (Å²) in [5.41, 5.74) is 0.877. The quantitative estimate of drug-likeness (QED) is 0.463. The Bertz CT molecular complexity index is 777. The molecular formula is C17H15ClN2O5. The Morgan fingerprint density at radius 2 is 1.80 bits per heavy atom. The molecule has 8 heteroatoms. The minimum Gasteiger partial charge on any atom is -0.461 e. The molecule has 0 fully saturated rings. The fourth-order valence-corrected chi connectivity index (χ4v) is 2.15. The van der Waals surface area contributed by atoms with Crippen LogP contribution in [0.2, 0.25) is 5.02 Å². The lowest BCUT2D eigenvalue weighted by Gasteiger charge is -2.07. The van der Waals surface area contributed by atoms with Crippen LogP contribution in [0.4, 0.5) is 5.69 Å². The number of carbonyl (C=O) groups is 2. The highest BCUT2D eigenvalue weighted by atomic mass is 35.5. The summed E-state index contributed by atoms with van der Waals surface area (Å²) in [5.74, 6) is -0.891. The first-order valence-electron chi connectivity index (χ1n) is 7.39. The van der Waals surface area contributed by atoms with E-state index in [-0.39, 0.29) is 30.8 Å². The summed E-state index contributed by atoms with van der Waals surface area (Å²) in [6.45, 7) is 0.159. The van der Waals surface area contributed by atoms with Crippen LogP contribution in [-0.2, 0) is 16.1 Å². The number of nitrogens with zero attached hydrogens (tertiary/aromatic N) is 1. The van der Waals surface area contributed by atoms with E-state index >= 15 is 0 Å². The second-order valence-electron chi connectivity index (χ2n) is 5.06. The molecule has 0 unspecified atom stereocenters. The number of nitrogens with one attached hydrogen (secondary N) is 1. The Balaban J connectivity index is 1.74. The standard InChI is InChI=1S/C17H15ClN2O5/c18-15-4-2-1-3-13(15)11-25-16(21)9-10-19-17(22)12-5-7-14(8-6-12)20(23)24/h1-8H,9-11H2,(H,19,22). The van der Waals surface area contributed by atoms with E-state index in [1.54, 1.807) is 24.3 Å². The van der Waals surface area contributed by atoms with Crippen molar-refractivity contribution in [2.75, 3.05) is 6.54 Å². The maximum atomic E-state index is 11.9.